The van der Waals surface area contributed by atoms with E-state index in [0.717, 1.165) is 18.9 Å². The number of benzene rings is 1. The van der Waals surface area contributed by atoms with Gasteiger partial charge in [0.05, 0.1) is 4.90 Å². The number of aryl methyl sites for hydroxylation is 1. The maximum atomic E-state index is 11.5. The Labute approximate surface area is 200 Å². The molecular weight excluding hydrogens is 395 g/mol. The van der Waals surface area contributed by atoms with Gasteiger partial charge in [-0.25, -0.2) is 0 Å². The molecule has 6 heteroatoms. The Hall–Kier alpha value is -0.0700. The van der Waals surface area contributed by atoms with Crippen molar-refractivity contribution in [2.45, 2.75) is 115 Å². The van der Waals surface area contributed by atoms with Gasteiger partial charge in [0.25, 0.3) is 10.1 Å². The van der Waals surface area contributed by atoms with E-state index in [2.05, 4.69) is 6.92 Å². The minimum absolute atomic E-state index is 0. The average Bonchev–Trinajstić information content (AvgIpc) is 2.64. The van der Waals surface area contributed by atoms with Crippen molar-refractivity contribution in [1.82, 2.24) is 0 Å². The molecular formula is C23H39NaO4S. The smallest absolute Gasteiger partial charge is 0.872 e. The first kappa shape index (κ1) is 28.9. The summed E-state index contributed by atoms with van der Waals surface area (Å²) in [4.78, 5) is -0.295. The van der Waals surface area contributed by atoms with Crippen LogP contribution in [0.5, 0.6) is 5.75 Å². The summed E-state index contributed by atoms with van der Waals surface area (Å²) in [6.07, 6.45) is 20.2. The number of hydrogen-bond acceptors (Lipinski definition) is 3. The first-order chi connectivity index (χ1) is 13.4. The molecule has 0 spiro atoms. The van der Waals surface area contributed by atoms with Gasteiger partial charge in [-0.05, 0) is 30.5 Å². The van der Waals surface area contributed by atoms with Crippen LogP contribution in [0.25, 0.3) is 0 Å². The van der Waals surface area contributed by atoms with Crippen molar-refractivity contribution in [1.29, 1.82) is 0 Å². The second kappa shape index (κ2) is 17.6. The van der Waals surface area contributed by atoms with Crippen molar-refractivity contribution in [3.63, 3.8) is 0 Å². The van der Waals surface area contributed by atoms with E-state index in [1.165, 1.54) is 95.6 Å². The van der Waals surface area contributed by atoms with E-state index >= 15 is 0 Å². The Bertz CT molecular complexity index is 632. The third kappa shape index (κ3) is 15.4. The molecule has 0 bridgehead atoms. The monoisotopic (exact) mass is 434 g/mol. The van der Waals surface area contributed by atoms with Gasteiger partial charge in [-0.15, -0.1) is 5.75 Å². The van der Waals surface area contributed by atoms with Gasteiger partial charge in [0, 0.05) is 0 Å². The van der Waals surface area contributed by atoms with E-state index in [1.54, 1.807) is 0 Å². The predicted molar refractivity (Wildman–Crippen MR) is 114 cm³/mol. The van der Waals surface area contributed by atoms with Gasteiger partial charge in [0.1, 0.15) is 0 Å². The van der Waals surface area contributed by atoms with E-state index in [-0.39, 0.29) is 40.2 Å². The SMILES string of the molecule is CCCCCCCCCCCCCCCCCc1cc([O-])cc(S(=O)(=O)O)c1.[Na+]. The van der Waals surface area contributed by atoms with Gasteiger partial charge in [0.2, 0.25) is 0 Å². The third-order valence-electron chi connectivity index (χ3n) is 5.31. The average molecular weight is 435 g/mol. The molecule has 0 unspecified atom stereocenters. The second-order valence-corrected chi connectivity index (χ2v) is 9.41. The fraction of sp³-hybridized carbons (Fsp3) is 0.739. The van der Waals surface area contributed by atoms with E-state index in [0.29, 0.717) is 12.0 Å². The molecule has 0 fully saturated rings. The molecule has 162 valence electrons. The summed E-state index contributed by atoms with van der Waals surface area (Å²) in [6.45, 7) is 2.26. The second-order valence-electron chi connectivity index (χ2n) is 7.99. The zero-order chi connectivity index (χ0) is 20.7. The number of rotatable bonds is 17. The maximum Gasteiger partial charge on any atom is 1.00 e. The van der Waals surface area contributed by atoms with Crippen molar-refractivity contribution in [2.75, 3.05) is 0 Å². The fourth-order valence-electron chi connectivity index (χ4n) is 3.62. The van der Waals surface area contributed by atoms with Crippen LogP contribution in [0, 0.1) is 0 Å². The predicted octanol–water partition coefficient (Wildman–Crippen LogP) is 3.42. The standard InChI is InChI=1S/C23H40O4S.Na/c1-2-3-4-5-6-7-8-9-10-11-12-13-14-15-16-17-21-18-22(24)20-23(19-21)28(25,26)27;/h18-20,24H,2-17H2,1H3,(H,25,26,27);/q;+1/p-1. The van der Waals surface area contributed by atoms with Crippen LogP contribution in [0.15, 0.2) is 23.1 Å². The van der Waals surface area contributed by atoms with Crippen molar-refractivity contribution in [3.8, 4) is 5.75 Å². The normalized spacial score (nSPS) is 11.4. The minimum atomic E-state index is -4.31. The molecule has 0 atom stereocenters. The summed E-state index contributed by atoms with van der Waals surface area (Å²) in [5.74, 6) is -0.369. The molecule has 0 radical (unpaired) electrons. The van der Waals surface area contributed by atoms with Gasteiger partial charge in [-0.3, -0.25) is 4.55 Å². The van der Waals surface area contributed by atoms with E-state index in [4.69, 9.17) is 4.55 Å². The summed E-state index contributed by atoms with van der Waals surface area (Å²) >= 11 is 0. The quantitative estimate of drug-likeness (QED) is 0.231. The molecule has 0 aliphatic rings. The molecule has 0 aromatic heterocycles. The summed E-state index contributed by atoms with van der Waals surface area (Å²) in [5, 5.41) is 11.5. The Kier molecular flexibility index (Phi) is 17.6. The summed E-state index contributed by atoms with van der Waals surface area (Å²) in [7, 11) is -4.31. The van der Waals surface area contributed by atoms with Crippen LogP contribution in [0.4, 0.5) is 0 Å². The Morgan fingerprint density at radius 1 is 0.724 bits per heavy atom. The summed E-state index contributed by atoms with van der Waals surface area (Å²) in [5.41, 5.74) is 0.690. The molecule has 1 N–H and O–H groups in total. The third-order valence-corrected chi connectivity index (χ3v) is 6.14. The molecule has 1 aromatic rings. The molecule has 0 saturated heterocycles. The molecule has 0 saturated carbocycles. The van der Waals surface area contributed by atoms with Gasteiger partial charge in [0.15, 0.2) is 0 Å². The first-order valence-electron chi connectivity index (χ1n) is 11.2. The van der Waals surface area contributed by atoms with Crippen LogP contribution in [0.2, 0.25) is 0 Å². The van der Waals surface area contributed by atoms with Gasteiger partial charge >= 0.3 is 29.6 Å². The van der Waals surface area contributed by atoms with Gasteiger partial charge < -0.3 is 5.11 Å². The van der Waals surface area contributed by atoms with E-state index < -0.39 is 10.1 Å². The van der Waals surface area contributed by atoms with Crippen LogP contribution in [-0.2, 0) is 16.5 Å². The van der Waals surface area contributed by atoms with Crippen LogP contribution >= 0.6 is 0 Å². The van der Waals surface area contributed by atoms with Crippen LogP contribution < -0.4 is 34.7 Å². The van der Waals surface area contributed by atoms with E-state index in [9.17, 15) is 13.5 Å². The summed E-state index contributed by atoms with van der Waals surface area (Å²) < 4.78 is 31.4. The van der Waals surface area contributed by atoms with Crippen LogP contribution in [-0.4, -0.2) is 13.0 Å². The van der Waals surface area contributed by atoms with Crippen molar-refractivity contribution in [3.05, 3.63) is 23.8 Å². The topological polar surface area (TPSA) is 77.4 Å². The van der Waals surface area contributed by atoms with Crippen molar-refractivity contribution >= 4 is 10.1 Å². The molecule has 1 rings (SSSR count). The summed E-state index contributed by atoms with van der Waals surface area (Å²) in [6, 6.07) is 3.82. The van der Waals surface area contributed by atoms with Crippen LogP contribution in [0.3, 0.4) is 0 Å². The molecule has 29 heavy (non-hydrogen) atoms. The molecule has 0 amide bonds. The maximum absolute atomic E-state index is 11.5. The van der Waals surface area contributed by atoms with Crippen molar-refractivity contribution < 1.29 is 47.6 Å². The zero-order valence-corrected chi connectivity index (χ0v) is 21.4. The molecule has 1 aromatic carbocycles. The Morgan fingerprint density at radius 2 is 1.14 bits per heavy atom. The largest absolute Gasteiger partial charge is 1.00 e. The van der Waals surface area contributed by atoms with Gasteiger partial charge in [-0.1, -0.05) is 103 Å². The Balaban J connectivity index is 0.00000784. The Morgan fingerprint density at radius 3 is 1.55 bits per heavy atom. The van der Waals surface area contributed by atoms with E-state index in [1.807, 2.05) is 0 Å². The molecule has 0 aliphatic carbocycles. The number of unbranched alkanes of at least 4 members (excludes halogenated alkanes) is 14. The molecule has 4 nitrogen and oxygen atoms in total. The van der Waals surface area contributed by atoms with Crippen LogP contribution in [0.1, 0.15) is 109 Å². The molecule has 0 aliphatic heterocycles. The first-order valence-corrected chi connectivity index (χ1v) is 12.7. The van der Waals surface area contributed by atoms with Gasteiger partial charge in [-0.2, -0.15) is 8.42 Å². The minimum Gasteiger partial charge on any atom is -0.872 e. The number of hydrogen-bond donors (Lipinski definition) is 1. The van der Waals surface area contributed by atoms with Crippen molar-refractivity contribution in [2.24, 2.45) is 0 Å². The zero-order valence-electron chi connectivity index (χ0n) is 18.6. The molecule has 0 heterocycles. The fourth-order valence-corrected chi connectivity index (χ4v) is 4.19.